The molecule has 0 aliphatic heterocycles. The minimum atomic E-state index is 0.225. The first-order valence-corrected chi connectivity index (χ1v) is 4.90. The maximum Gasteiger partial charge on any atom is 0.224 e. The number of rotatable bonds is 3. The Balaban J connectivity index is 2.49. The van der Waals surface area contributed by atoms with Gasteiger partial charge in [0.1, 0.15) is 5.52 Å². The van der Waals surface area contributed by atoms with Gasteiger partial charge in [-0.05, 0) is 6.92 Å². The van der Waals surface area contributed by atoms with Gasteiger partial charge in [0.05, 0.1) is 6.33 Å². The van der Waals surface area contributed by atoms with Crippen LogP contribution < -0.4 is 10.6 Å². The Labute approximate surface area is 93.2 Å². The van der Waals surface area contributed by atoms with E-state index in [0.717, 1.165) is 16.9 Å². The number of aromatic amines is 1. The third kappa shape index (κ3) is 1.81. The van der Waals surface area contributed by atoms with Gasteiger partial charge in [-0.1, -0.05) is 12.2 Å². The normalized spacial score (nSPS) is 10.6. The Morgan fingerprint density at radius 1 is 1.56 bits per heavy atom. The lowest BCUT2D eigenvalue weighted by atomic mass is 10.3. The van der Waals surface area contributed by atoms with E-state index in [4.69, 9.17) is 5.73 Å². The highest BCUT2D eigenvalue weighted by atomic mass is 15.2. The zero-order valence-corrected chi connectivity index (χ0v) is 9.36. The van der Waals surface area contributed by atoms with Gasteiger partial charge in [-0.2, -0.15) is 9.97 Å². The Bertz CT molecular complexity index is 529. The summed E-state index contributed by atoms with van der Waals surface area (Å²) in [5.74, 6) is 0.964. The molecule has 0 atom stereocenters. The van der Waals surface area contributed by atoms with Gasteiger partial charge < -0.3 is 15.6 Å². The van der Waals surface area contributed by atoms with Crippen molar-refractivity contribution in [2.45, 2.75) is 6.92 Å². The molecule has 0 spiro atoms. The highest BCUT2D eigenvalue weighted by Crippen LogP contribution is 2.20. The molecule has 6 heteroatoms. The van der Waals surface area contributed by atoms with Gasteiger partial charge in [-0.25, -0.2) is 4.98 Å². The quantitative estimate of drug-likeness (QED) is 0.749. The number of H-pyrrole nitrogens is 1. The minimum Gasteiger partial charge on any atom is -0.368 e. The predicted molar refractivity (Wildman–Crippen MR) is 64.2 cm³/mol. The lowest BCUT2D eigenvalue weighted by Crippen LogP contribution is -2.21. The largest absolute Gasteiger partial charge is 0.368 e. The van der Waals surface area contributed by atoms with E-state index < -0.39 is 0 Å². The maximum absolute atomic E-state index is 5.63. The van der Waals surface area contributed by atoms with E-state index in [1.165, 1.54) is 0 Å². The summed E-state index contributed by atoms with van der Waals surface area (Å²) >= 11 is 0. The van der Waals surface area contributed by atoms with Crippen molar-refractivity contribution in [2.75, 3.05) is 24.2 Å². The average molecular weight is 218 g/mol. The number of imidazole rings is 1. The van der Waals surface area contributed by atoms with Gasteiger partial charge in [-0.15, -0.1) is 0 Å². The molecular weight excluding hydrogens is 204 g/mol. The third-order valence-electron chi connectivity index (χ3n) is 2.15. The zero-order chi connectivity index (χ0) is 11.7. The van der Waals surface area contributed by atoms with Crippen LogP contribution in [0.3, 0.4) is 0 Å². The van der Waals surface area contributed by atoms with Crippen molar-refractivity contribution in [3.8, 4) is 0 Å². The molecule has 0 fully saturated rings. The van der Waals surface area contributed by atoms with E-state index in [2.05, 4.69) is 26.5 Å². The molecule has 0 saturated heterocycles. The van der Waals surface area contributed by atoms with Gasteiger partial charge in [-0.3, -0.25) is 0 Å². The molecule has 0 saturated carbocycles. The van der Waals surface area contributed by atoms with Crippen LogP contribution >= 0.6 is 0 Å². The smallest absolute Gasteiger partial charge is 0.224 e. The molecule has 6 nitrogen and oxygen atoms in total. The molecule has 0 unspecified atom stereocenters. The number of likely N-dealkylation sites (N-methyl/N-ethyl adjacent to an activating group) is 1. The van der Waals surface area contributed by atoms with Crippen LogP contribution in [0.25, 0.3) is 11.2 Å². The molecule has 0 aliphatic rings. The van der Waals surface area contributed by atoms with Crippen LogP contribution in [0.5, 0.6) is 0 Å². The monoisotopic (exact) mass is 218 g/mol. The first-order chi connectivity index (χ1) is 7.58. The first kappa shape index (κ1) is 10.4. The number of aromatic nitrogens is 4. The summed E-state index contributed by atoms with van der Waals surface area (Å²) in [5.41, 5.74) is 8.05. The highest BCUT2D eigenvalue weighted by molar-refractivity contribution is 5.84. The Morgan fingerprint density at radius 3 is 3.00 bits per heavy atom. The number of nitrogens with one attached hydrogen (secondary N) is 1. The van der Waals surface area contributed by atoms with E-state index in [1.807, 2.05) is 18.9 Å². The summed E-state index contributed by atoms with van der Waals surface area (Å²) in [5, 5.41) is 0. The van der Waals surface area contributed by atoms with Crippen molar-refractivity contribution < 1.29 is 0 Å². The molecule has 0 amide bonds. The maximum atomic E-state index is 5.63. The number of fused-ring (bicyclic) bond motifs is 1. The van der Waals surface area contributed by atoms with Crippen molar-refractivity contribution in [2.24, 2.45) is 0 Å². The summed E-state index contributed by atoms with van der Waals surface area (Å²) in [7, 11) is 1.93. The van der Waals surface area contributed by atoms with E-state index >= 15 is 0 Å². The third-order valence-corrected chi connectivity index (χ3v) is 2.15. The van der Waals surface area contributed by atoms with Crippen LogP contribution in [0.15, 0.2) is 18.5 Å². The van der Waals surface area contributed by atoms with Crippen LogP contribution in [0.4, 0.5) is 11.8 Å². The molecule has 0 bridgehead atoms. The van der Waals surface area contributed by atoms with E-state index in [9.17, 15) is 0 Å². The van der Waals surface area contributed by atoms with Crippen molar-refractivity contribution in [1.82, 2.24) is 19.9 Å². The van der Waals surface area contributed by atoms with Crippen LogP contribution in [0.2, 0.25) is 0 Å². The fraction of sp³-hybridized carbons (Fsp3) is 0.300. The number of hydrogen-bond donors (Lipinski definition) is 2. The molecule has 84 valence electrons. The molecule has 3 N–H and O–H groups in total. The molecule has 0 aromatic carbocycles. The number of anilines is 2. The number of nitrogens with zero attached hydrogens (tertiary/aromatic N) is 4. The Morgan fingerprint density at radius 2 is 2.31 bits per heavy atom. The number of nitrogens with two attached hydrogens (primary N) is 1. The van der Waals surface area contributed by atoms with Gasteiger partial charge in [0.15, 0.2) is 11.5 Å². The topological polar surface area (TPSA) is 83.7 Å². The summed E-state index contributed by atoms with van der Waals surface area (Å²) in [6.07, 6.45) is 1.58. The molecule has 0 radical (unpaired) electrons. The molecule has 16 heavy (non-hydrogen) atoms. The standard InChI is InChI=1S/C10H14N6/c1-6(2)4-16(3)9-7-8(13-5-12-7)14-10(11)15-9/h5H,1,4H2,2-3H3,(H3,11,12,13,14,15). The van der Waals surface area contributed by atoms with Crippen LogP contribution in [-0.4, -0.2) is 33.5 Å². The first-order valence-electron chi connectivity index (χ1n) is 4.90. The van der Waals surface area contributed by atoms with Gasteiger partial charge >= 0.3 is 0 Å². The van der Waals surface area contributed by atoms with Crippen molar-refractivity contribution in [1.29, 1.82) is 0 Å². The molecule has 2 aromatic heterocycles. The zero-order valence-electron chi connectivity index (χ0n) is 9.36. The minimum absolute atomic E-state index is 0.225. The van der Waals surface area contributed by atoms with Crippen LogP contribution in [-0.2, 0) is 0 Å². The summed E-state index contributed by atoms with van der Waals surface area (Å²) < 4.78 is 0. The lowest BCUT2D eigenvalue weighted by molar-refractivity contribution is 0.956. The summed E-state index contributed by atoms with van der Waals surface area (Å²) in [6.45, 7) is 6.54. The molecule has 2 rings (SSSR count). The van der Waals surface area contributed by atoms with Crippen molar-refractivity contribution in [3.63, 3.8) is 0 Å². The van der Waals surface area contributed by atoms with E-state index in [0.29, 0.717) is 12.2 Å². The van der Waals surface area contributed by atoms with Gasteiger partial charge in [0.2, 0.25) is 5.95 Å². The second kappa shape index (κ2) is 3.80. The Kier molecular flexibility index (Phi) is 2.47. The van der Waals surface area contributed by atoms with Gasteiger partial charge in [0, 0.05) is 13.6 Å². The molecule has 0 aliphatic carbocycles. The molecular formula is C10H14N6. The summed E-state index contributed by atoms with van der Waals surface area (Å²) in [6, 6.07) is 0. The fourth-order valence-electron chi connectivity index (χ4n) is 1.59. The number of nitrogen functional groups attached to an aromatic ring is 1. The summed E-state index contributed by atoms with van der Waals surface area (Å²) in [4.78, 5) is 17.3. The SMILES string of the molecule is C=C(C)CN(C)c1nc(N)nc2nc[nH]c12. The Hall–Kier alpha value is -2.11. The average Bonchev–Trinajstić information content (AvgIpc) is 2.62. The lowest BCUT2D eigenvalue weighted by Gasteiger charge is -2.18. The van der Waals surface area contributed by atoms with Crippen LogP contribution in [0, 0.1) is 0 Å². The second-order valence-corrected chi connectivity index (χ2v) is 3.82. The highest BCUT2D eigenvalue weighted by Gasteiger charge is 2.12. The van der Waals surface area contributed by atoms with E-state index in [-0.39, 0.29) is 5.95 Å². The fourth-order valence-corrected chi connectivity index (χ4v) is 1.59. The van der Waals surface area contributed by atoms with Gasteiger partial charge in [0.25, 0.3) is 0 Å². The van der Waals surface area contributed by atoms with Crippen molar-refractivity contribution in [3.05, 3.63) is 18.5 Å². The van der Waals surface area contributed by atoms with E-state index in [1.54, 1.807) is 6.33 Å². The molecule has 2 heterocycles. The number of hydrogen-bond acceptors (Lipinski definition) is 5. The van der Waals surface area contributed by atoms with Crippen molar-refractivity contribution >= 4 is 22.9 Å². The van der Waals surface area contributed by atoms with Crippen LogP contribution in [0.1, 0.15) is 6.92 Å². The predicted octanol–water partition coefficient (Wildman–Crippen LogP) is 0.947. The molecule has 2 aromatic rings. The second-order valence-electron chi connectivity index (χ2n) is 3.82.